The molecule has 0 aromatic heterocycles. The average Bonchev–Trinajstić information content (AvgIpc) is 2.68. The summed E-state index contributed by atoms with van der Waals surface area (Å²) in [4.78, 5) is 14.4. The standard InChI is InChI=1S/C21H19ClF6N2O/c22-16-3-1-12(2-4-16)7-18-11-17(29)5-6-30(18)19(31)13-8-14(20(23,24)25)10-15(9-13)21(26,27)28/h1-4,8-10,17-18H,5-7,11,29H2/t17-,18?/m0/s1. The maximum Gasteiger partial charge on any atom is 0.416 e. The van der Waals surface area contributed by atoms with E-state index < -0.39 is 41.0 Å². The van der Waals surface area contributed by atoms with E-state index in [1.165, 1.54) is 4.90 Å². The molecule has 1 fully saturated rings. The molecule has 1 aliphatic rings. The van der Waals surface area contributed by atoms with Crippen LogP contribution in [0, 0.1) is 0 Å². The van der Waals surface area contributed by atoms with E-state index in [1.54, 1.807) is 24.3 Å². The molecule has 1 amide bonds. The van der Waals surface area contributed by atoms with Crippen molar-refractivity contribution in [3.8, 4) is 0 Å². The molecular weight excluding hydrogens is 446 g/mol. The molecule has 3 rings (SSSR count). The summed E-state index contributed by atoms with van der Waals surface area (Å²) < 4.78 is 79.0. The summed E-state index contributed by atoms with van der Waals surface area (Å²) in [5.74, 6) is -0.887. The Labute approximate surface area is 179 Å². The van der Waals surface area contributed by atoms with E-state index in [0.717, 1.165) is 5.56 Å². The lowest BCUT2D eigenvalue weighted by Gasteiger charge is -2.39. The number of alkyl halides is 6. The van der Waals surface area contributed by atoms with Gasteiger partial charge in [-0.25, -0.2) is 0 Å². The van der Waals surface area contributed by atoms with Crippen LogP contribution >= 0.6 is 11.6 Å². The van der Waals surface area contributed by atoms with Gasteiger partial charge < -0.3 is 10.6 Å². The quantitative estimate of drug-likeness (QED) is 0.605. The molecule has 1 aliphatic heterocycles. The third-order valence-electron chi connectivity index (χ3n) is 5.24. The van der Waals surface area contributed by atoms with Crippen LogP contribution in [0.4, 0.5) is 26.3 Å². The van der Waals surface area contributed by atoms with Crippen molar-refractivity contribution in [1.29, 1.82) is 0 Å². The molecule has 2 atom stereocenters. The van der Waals surface area contributed by atoms with Crippen molar-refractivity contribution in [2.24, 2.45) is 5.73 Å². The second-order valence-electron chi connectivity index (χ2n) is 7.56. The Hall–Kier alpha value is -2.26. The van der Waals surface area contributed by atoms with Crippen LogP contribution in [0.1, 0.15) is 39.9 Å². The highest BCUT2D eigenvalue weighted by Gasteiger charge is 2.39. The van der Waals surface area contributed by atoms with Crippen LogP contribution in [-0.2, 0) is 18.8 Å². The third kappa shape index (κ3) is 5.71. The lowest BCUT2D eigenvalue weighted by molar-refractivity contribution is -0.143. The number of likely N-dealkylation sites (tertiary alicyclic amines) is 1. The highest BCUT2D eigenvalue weighted by Crippen LogP contribution is 2.37. The van der Waals surface area contributed by atoms with Gasteiger partial charge in [-0.05, 0) is 55.2 Å². The van der Waals surface area contributed by atoms with Gasteiger partial charge in [-0.2, -0.15) is 26.3 Å². The van der Waals surface area contributed by atoms with Gasteiger partial charge >= 0.3 is 12.4 Å². The molecule has 0 bridgehead atoms. The predicted octanol–water partition coefficient (Wildman–Crippen LogP) is 5.55. The molecule has 0 saturated carbocycles. The fourth-order valence-electron chi connectivity index (χ4n) is 3.68. The number of hydrogen-bond donors (Lipinski definition) is 1. The highest BCUT2D eigenvalue weighted by atomic mass is 35.5. The van der Waals surface area contributed by atoms with Gasteiger partial charge in [0, 0.05) is 29.2 Å². The average molecular weight is 465 g/mol. The van der Waals surface area contributed by atoms with E-state index >= 15 is 0 Å². The van der Waals surface area contributed by atoms with Crippen LogP contribution in [-0.4, -0.2) is 29.4 Å². The molecule has 3 nitrogen and oxygen atoms in total. The molecule has 0 aliphatic carbocycles. The van der Waals surface area contributed by atoms with E-state index in [2.05, 4.69) is 0 Å². The molecule has 2 aromatic carbocycles. The first-order valence-electron chi connectivity index (χ1n) is 9.45. The van der Waals surface area contributed by atoms with Crippen molar-refractivity contribution in [2.75, 3.05) is 6.54 Å². The second kappa shape index (κ2) is 8.70. The summed E-state index contributed by atoms with van der Waals surface area (Å²) in [6, 6.07) is 7.05. The normalized spacial score (nSPS) is 20.1. The SMILES string of the molecule is N[C@H]1CCN(C(=O)c2cc(C(F)(F)F)cc(C(F)(F)F)c2)C(Cc2ccc(Cl)cc2)C1. The van der Waals surface area contributed by atoms with Crippen LogP contribution in [0.5, 0.6) is 0 Å². The van der Waals surface area contributed by atoms with Crippen molar-refractivity contribution in [3.05, 3.63) is 69.7 Å². The minimum Gasteiger partial charge on any atom is -0.335 e. The second-order valence-corrected chi connectivity index (χ2v) is 8.00. The van der Waals surface area contributed by atoms with Crippen molar-refractivity contribution >= 4 is 17.5 Å². The van der Waals surface area contributed by atoms with E-state index in [-0.39, 0.29) is 18.7 Å². The van der Waals surface area contributed by atoms with E-state index in [0.29, 0.717) is 36.4 Å². The molecule has 2 N–H and O–H groups in total. The number of halogens is 7. The van der Waals surface area contributed by atoms with Gasteiger partial charge in [-0.1, -0.05) is 23.7 Å². The van der Waals surface area contributed by atoms with Gasteiger partial charge in [0.15, 0.2) is 0 Å². The van der Waals surface area contributed by atoms with Gasteiger partial charge in [0.2, 0.25) is 0 Å². The summed E-state index contributed by atoms with van der Waals surface area (Å²) in [5.41, 5.74) is 3.14. The number of hydrogen-bond acceptors (Lipinski definition) is 2. The number of nitrogens with two attached hydrogens (primary N) is 1. The van der Waals surface area contributed by atoms with Gasteiger partial charge in [-0.3, -0.25) is 4.79 Å². The maximum absolute atomic E-state index is 13.2. The first kappa shape index (κ1) is 23.4. The predicted molar refractivity (Wildman–Crippen MR) is 104 cm³/mol. The fourth-order valence-corrected chi connectivity index (χ4v) is 3.81. The largest absolute Gasteiger partial charge is 0.416 e. The molecule has 168 valence electrons. The summed E-state index contributed by atoms with van der Waals surface area (Å²) in [7, 11) is 0. The number of carbonyl (C=O) groups is 1. The Morgan fingerprint density at radius 1 is 1.00 bits per heavy atom. The van der Waals surface area contributed by atoms with Crippen molar-refractivity contribution in [1.82, 2.24) is 4.90 Å². The number of benzene rings is 2. The van der Waals surface area contributed by atoms with Crippen LogP contribution in [0.25, 0.3) is 0 Å². The molecule has 10 heteroatoms. The monoisotopic (exact) mass is 464 g/mol. The number of rotatable bonds is 3. The Kier molecular flexibility index (Phi) is 6.57. The van der Waals surface area contributed by atoms with Gasteiger partial charge in [0.25, 0.3) is 5.91 Å². The zero-order valence-corrected chi connectivity index (χ0v) is 16.9. The molecular formula is C21H19ClF6N2O. The lowest BCUT2D eigenvalue weighted by Crippen LogP contribution is -2.50. The third-order valence-corrected chi connectivity index (χ3v) is 5.49. The Morgan fingerprint density at radius 3 is 2.06 bits per heavy atom. The molecule has 1 saturated heterocycles. The van der Waals surface area contributed by atoms with Crippen molar-refractivity contribution < 1.29 is 31.1 Å². The van der Waals surface area contributed by atoms with Crippen LogP contribution in [0.3, 0.4) is 0 Å². The zero-order chi connectivity index (χ0) is 23.0. The van der Waals surface area contributed by atoms with Gasteiger partial charge in [-0.15, -0.1) is 0 Å². The fraction of sp³-hybridized carbons (Fsp3) is 0.381. The molecule has 1 unspecified atom stereocenters. The van der Waals surface area contributed by atoms with E-state index in [9.17, 15) is 31.1 Å². The van der Waals surface area contributed by atoms with E-state index in [1.807, 2.05) is 0 Å². The highest BCUT2D eigenvalue weighted by molar-refractivity contribution is 6.30. The van der Waals surface area contributed by atoms with Crippen molar-refractivity contribution in [3.63, 3.8) is 0 Å². The lowest BCUT2D eigenvalue weighted by atomic mass is 9.91. The summed E-state index contributed by atoms with van der Waals surface area (Å²) in [6.07, 6.45) is -8.93. The van der Waals surface area contributed by atoms with Crippen LogP contribution in [0.15, 0.2) is 42.5 Å². The molecule has 1 heterocycles. The topological polar surface area (TPSA) is 46.3 Å². The van der Waals surface area contributed by atoms with E-state index in [4.69, 9.17) is 17.3 Å². The Balaban J connectivity index is 1.95. The minimum absolute atomic E-state index is 0.00803. The summed E-state index contributed by atoms with van der Waals surface area (Å²) in [5, 5.41) is 0.515. The summed E-state index contributed by atoms with van der Waals surface area (Å²) >= 11 is 5.87. The first-order valence-corrected chi connectivity index (χ1v) is 9.83. The van der Waals surface area contributed by atoms with Crippen LogP contribution < -0.4 is 5.73 Å². The number of amides is 1. The van der Waals surface area contributed by atoms with Gasteiger partial charge in [0.1, 0.15) is 0 Å². The first-order chi connectivity index (χ1) is 14.3. The minimum atomic E-state index is -5.02. The van der Waals surface area contributed by atoms with Crippen LogP contribution in [0.2, 0.25) is 5.02 Å². The molecule has 31 heavy (non-hydrogen) atoms. The van der Waals surface area contributed by atoms with Crippen molar-refractivity contribution in [2.45, 2.75) is 43.7 Å². The van der Waals surface area contributed by atoms with Gasteiger partial charge in [0.05, 0.1) is 11.1 Å². The molecule has 0 radical (unpaired) electrons. The smallest absolute Gasteiger partial charge is 0.335 e. The number of piperidine rings is 1. The number of nitrogens with zero attached hydrogens (tertiary/aromatic N) is 1. The Morgan fingerprint density at radius 2 is 1.55 bits per heavy atom. The summed E-state index contributed by atoms with van der Waals surface area (Å²) in [6.45, 7) is 0.135. The zero-order valence-electron chi connectivity index (χ0n) is 16.1. The molecule has 2 aromatic rings. The molecule has 0 spiro atoms. The Bertz CT molecular complexity index is 910. The number of carbonyl (C=O) groups excluding carboxylic acids is 1. The maximum atomic E-state index is 13.2.